The van der Waals surface area contributed by atoms with E-state index in [0.29, 0.717) is 11.8 Å². The van der Waals surface area contributed by atoms with E-state index >= 15 is 0 Å². The first-order valence-corrected chi connectivity index (χ1v) is 7.66. The van der Waals surface area contributed by atoms with Crippen molar-refractivity contribution in [3.8, 4) is 0 Å². The van der Waals surface area contributed by atoms with Crippen LogP contribution in [0.1, 0.15) is 51.9 Å². The van der Waals surface area contributed by atoms with E-state index in [1.165, 1.54) is 32.1 Å². The van der Waals surface area contributed by atoms with Crippen LogP contribution in [0, 0.1) is 11.8 Å². The largest absolute Gasteiger partial charge is 0.356 e. The lowest BCUT2D eigenvalue weighted by molar-refractivity contribution is -0.122. The lowest BCUT2D eigenvalue weighted by atomic mass is 9.94. The summed E-state index contributed by atoms with van der Waals surface area (Å²) >= 11 is 0. The number of hydrogen-bond acceptors (Lipinski definition) is 2. The summed E-state index contributed by atoms with van der Waals surface area (Å²) in [6, 6.07) is 0.790. The van der Waals surface area contributed by atoms with Crippen LogP contribution in [0.25, 0.3) is 0 Å². The highest BCUT2D eigenvalue weighted by atomic mass is 16.2. The van der Waals surface area contributed by atoms with Gasteiger partial charge in [-0.15, -0.1) is 0 Å². The van der Waals surface area contributed by atoms with Crippen molar-refractivity contribution < 1.29 is 4.79 Å². The number of nitrogens with zero attached hydrogens (tertiary/aromatic N) is 1. The molecule has 1 amide bonds. The van der Waals surface area contributed by atoms with Gasteiger partial charge in [-0.25, -0.2) is 0 Å². The van der Waals surface area contributed by atoms with E-state index in [-0.39, 0.29) is 5.91 Å². The second-order valence-electron chi connectivity index (χ2n) is 6.24. The Morgan fingerprint density at radius 2 is 1.94 bits per heavy atom. The van der Waals surface area contributed by atoms with E-state index in [2.05, 4.69) is 24.2 Å². The van der Waals surface area contributed by atoms with Crippen LogP contribution >= 0.6 is 0 Å². The normalized spacial score (nSPS) is 28.4. The summed E-state index contributed by atoms with van der Waals surface area (Å²) in [6.45, 7) is 4.12. The van der Waals surface area contributed by atoms with E-state index in [9.17, 15) is 4.79 Å². The van der Waals surface area contributed by atoms with Gasteiger partial charge in [0.1, 0.15) is 0 Å². The molecule has 0 aromatic carbocycles. The zero-order chi connectivity index (χ0) is 13.0. The number of carbonyl (C=O) groups excluding carboxylic acids is 1. The van der Waals surface area contributed by atoms with Crippen LogP contribution in [0.15, 0.2) is 0 Å². The second-order valence-corrected chi connectivity index (χ2v) is 6.24. The van der Waals surface area contributed by atoms with Gasteiger partial charge in [0.25, 0.3) is 0 Å². The van der Waals surface area contributed by atoms with Crippen molar-refractivity contribution in [3.63, 3.8) is 0 Å². The fourth-order valence-corrected chi connectivity index (χ4v) is 3.06. The summed E-state index contributed by atoms with van der Waals surface area (Å²) in [4.78, 5) is 14.1. The summed E-state index contributed by atoms with van der Waals surface area (Å²) in [7, 11) is 2.24. The van der Waals surface area contributed by atoms with E-state index in [1.807, 2.05) is 0 Å². The average molecular weight is 252 g/mol. The molecule has 0 aliphatic heterocycles. The van der Waals surface area contributed by atoms with Crippen LogP contribution in [0.5, 0.6) is 0 Å². The van der Waals surface area contributed by atoms with Gasteiger partial charge < -0.3 is 10.2 Å². The first kappa shape index (κ1) is 13.9. The van der Waals surface area contributed by atoms with Gasteiger partial charge in [-0.2, -0.15) is 0 Å². The Hall–Kier alpha value is -0.570. The van der Waals surface area contributed by atoms with Crippen molar-refractivity contribution in [3.05, 3.63) is 0 Å². The molecular weight excluding hydrogens is 224 g/mol. The van der Waals surface area contributed by atoms with Crippen LogP contribution in [0.4, 0.5) is 0 Å². The monoisotopic (exact) mass is 252 g/mol. The molecule has 2 unspecified atom stereocenters. The zero-order valence-corrected chi connectivity index (χ0v) is 12.0. The lowest BCUT2D eigenvalue weighted by Crippen LogP contribution is -2.36. The third-order valence-corrected chi connectivity index (χ3v) is 4.63. The van der Waals surface area contributed by atoms with Gasteiger partial charge in [-0.05, 0) is 45.2 Å². The van der Waals surface area contributed by atoms with Crippen molar-refractivity contribution in [2.45, 2.75) is 57.9 Å². The average Bonchev–Trinajstić information content (AvgIpc) is 3.12. The number of hydrogen-bond donors (Lipinski definition) is 1. The molecule has 0 spiro atoms. The van der Waals surface area contributed by atoms with Gasteiger partial charge in [-0.3, -0.25) is 4.79 Å². The Morgan fingerprint density at radius 1 is 1.28 bits per heavy atom. The molecule has 0 saturated heterocycles. The molecule has 2 saturated carbocycles. The van der Waals surface area contributed by atoms with E-state index < -0.39 is 0 Å². The van der Waals surface area contributed by atoms with Crippen molar-refractivity contribution in [1.29, 1.82) is 0 Å². The molecule has 2 rings (SSSR count). The molecule has 0 heterocycles. The Labute approximate surface area is 111 Å². The van der Waals surface area contributed by atoms with E-state index in [1.54, 1.807) is 0 Å². The maximum absolute atomic E-state index is 11.6. The molecule has 104 valence electrons. The van der Waals surface area contributed by atoms with Crippen LogP contribution in [-0.4, -0.2) is 37.0 Å². The highest BCUT2D eigenvalue weighted by molar-refractivity contribution is 5.81. The smallest absolute Gasteiger partial charge is 0.223 e. The molecule has 0 bridgehead atoms. The SMILES string of the molecule is CC1CC1C(=O)NCCCN(C)C1CCCCC1. The van der Waals surface area contributed by atoms with Crippen LogP contribution in [-0.2, 0) is 4.79 Å². The van der Waals surface area contributed by atoms with Crippen molar-refractivity contribution in [2.75, 3.05) is 20.1 Å². The number of carbonyl (C=O) groups is 1. The second kappa shape index (κ2) is 6.55. The molecule has 1 N–H and O–H groups in total. The maximum atomic E-state index is 11.6. The van der Waals surface area contributed by atoms with Gasteiger partial charge >= 0.3 is 0 Å². The quantitative estimate of drug-likeness (QED) is 0.736. The fourth-order valence-electron chi connectivity index (χ4n) is 3.06. The molecular formula is C15H28N2O. The molecule has 2 fully saturated rings. The standard InChI is InChI=1S/C15H28N2O/c1-12-11-14(12)15(18)16-9-6-10-17(2)13-7-4-3-5-8-13/h12-14H,3-11H2,1-2H3,(H,16,18). The molecule has 0 aromatic heterocycles. The highest BCUT2D eigenvalue weighted by Crippen LogP contribution is 2.37. The fraction of sp³-hybridized carbons (Fsp3) is 0.933. The highest BCUT2D eigenvalue weighted by Gasteiger charge is 2.38. The molecule has 2 aliphatic rings. The molecule has 18 heavy (non-hydrogen) atoms. The lowest BCUT2D eigenvalue weighted by Gasteiger charge is -2.31. The molecule has 2 atom stereocenters. The Morgan fingerprint density at radius 3 is 2.56 bits per heavy atom. The Kier molecular flexibility index (Phi) is 5.04. The molecule has 0 radical (unpaired) electrons. The minimum atomic E-state index is 0.280. The van der Waals surface area contributed by atoms with Crippen LogP contribution in [0.2, 0.25) is 0 Å². The minimum Gasteiger partial charge on any atom is -0.356 e. The minimum absolute atomic E-state index is 0.280. The summed E-state index contributed by atoms with van der Waals surface area (Å²) in [5.74, 6) is 1.22. The first-order valence-electron chi connectivity index (χ1n) is 7.66. The molecule has 0 aromatic rings. The van der Waals surface area contributed by atoms with Crippen LogP contribution in [0.3, 0.4) is 0 Å². The van der Waals surface area contributed by atoms with Crippen LogP contribution < -0.4 is 5.32 Å². The van der Waals surface area contributed by atoms with Crippen molar-refractivity contribution >= 4 is 5.91 Å². The van der Waals surface area contributed by atoms with Gasteiger partial charge in [0.15, 0.2) is 0 Å². The number of nitrogens with one attached hydrogen (secondary N) is 1. The molecule has 3 nitrogen and oxygen atoms in total. The Balaban J connectivity index is 1.53. The van der Waals surface area contributed by atoms with E-state index in [0.717, 1.165) is 32.0 Å². The van der Waals surface area contributed by atoms with Gasteiger partial charge in [0.2, 0.25) is 5.91 Å². The molecule has 3 heteroatoms. The van der Waals surface area contributed by atoms with E-state index in [4.69, 9.17) is 0 Å². The first-order chi connectivity index (χ1) is 8.68. The van der Waals surface area contributed by atoms with Gasteiger partial charge in [0, 0.05) is 18.5 Å². The predicted molar refractivity (Wildman–Crippen MR) is 74.4 cm³/mol. The summed E-state index contributed by atoms with van der Waals surface area (Å²) < 4.78 is 0. The predicted octanol–water partition coefficient (Wildman–Crippen LogP) is 2.41. The molecule has 2 aliphatic carbocycles. The van der Waals surface area contributed by atoms with Gasteiger partial charge in [-0.1, -0.05) is 26.2 Å². The third kappa shape index (κ3) is 3.98. The van der Waals surface area contributed by atoms with Crippen molar-refractivity contribution in [1.82, 2.24) is 10.2 Å². The summed E-state index contributed by atoms with van der Waals surface area (Å²) in [6.07, 6.45) is 9.11. The maximum Gasteiger partial charge on any atom is 0.223 e. The number of amides is 1. The van der Waals surface area contributed by atoms with Gasteiger partial charge in [0.05, 0.1) is 0 Å². The van der Waals surface area contributed by atoms with Crippen molar-refractivity contribution in [2.24, 2.45) is 11.8 Å². The summed E-state index contributed by atoms with van der Waals surface area (Å²) in [5, 5.41) is 3.07. The third-order valence-electron chi connectivity index (χ3n) is 4.63. The summed E-state index contributed by atoms with van der Waals surface area (Å²) in [5.41, 5.74) is 0. The zero-order valence-electron chi connectivity index (χ0n) is 12.0. The Bertz CT molecular complexity index is 274. The number of rotatable bonds is 6. The topological polar surface area (TPSA) is 32.3 Å².